The molecule has 1 saturated carbocycles. The molecule has 0 bridgehead atoms. The van der Waals surface area contributed by atoms with Crippen LogP contribution in [0.3, 0.4) is 0 Å². The van der Waals surface area contributed by atoms with E-state index in [1.54, 1.807) is 0 Å². The van der Waals surface area contributed by atoms with Gasteiger partial charge in [0.1, 0.15) is 17.3 Å². The van der Waals surface area contributed by atoms with Crippen LogP contribution in [0.2, 0.25) is 0 Å². The first-order chi connectivity index (χ1) is 9.61. The lowest BCUT2D eigenvalue weighted by Gasteiger charge is -2.08. The molecule has 5 nitrogen and oxygen atoms in total. The lowest BCUT2D eigenvalue weighted by Crippen LogP contribution is -2.06. The van der Waals surface area contributed by atoms with Crippen molar-refractivity contribution >= 4 is 5.82 Å². The van der Waals surface area contributed by atoms with Gasteiger partial charge in [0, 0.05) is 31.3 Å². The van der Waals surface area contributed by atoms with Crippen LogP contribution in [0.25, 0.3) is 11.3 Å². The van der Waals surface area contributed by atoms with Crippen LogP contribution < -0.4 is 5.73 Å². The first-order valence-electron chi connectivity index (χ1n) is 7.48. The summed E-state index contributed by atoms with van der Waals surface area (Å²) in [5, 5.41) is 4.40. The molecule has 0 unspecified atom stereocenters. The summed E-state index contributed by atoms with van der Waals surface area (Å²) in [5.41, 5.74) is 9.34. The summed E-state index contributed by atoms with van der Waals surface area (Å²) >= 11 is 0. The fourth-order valence-electron chi connectivity index (χ4n) is 2.72. The van der Waals surface area contributed by atoms with Gasteiger partial charge in [0.25, 0.3) is 0 Å². The van der Waals surface area contributed by atoms with Crippen molar-refractivity contribution in [3.05, 3.63) is 17.7 Å². The Labute approximate surface area is 119 Å². The highest BCUT2D eigenvalue weighted by Gasteiger charge is 2.31. The van der Waals surface area contributed by atoms with Gasteiger partial charge in [0.2, 0.25) is 0 Å². The molecule has 2 aromatic rings. The second kappa shape index (κ2) is 4.96. The van der Waals surface area contributed by atoms with E-state index in [1.165, 1.54) is 25.1 Å². The summed E-state index contributed by atoms with van der Waals surface area (Å²) < 4.78 is 4.05. The number of hydrogen-bond acceptors (Lipinski definition) is 3. The summed E-state index contributed by atoms with van der Waals surface area (Å²) in [6, 6.07) is 0. The highest BCUT2D eigenvalue weighted by Crippen LogP contribution is 2.42. The molecule has 0 aromatic carbocycles. The average molecular weight is 273 g/mol. The van der Waals surface area contributed by atoms with Gasteiger partial charge in [0.15, 0.2) is 0 Å². The lowest BCUT2D eigenvalue weighted by molar-refractivity contribution is 0.609. The first-order valence-corrected chi connectivity index (χ1v) is 7.48. The van der Waals surface area contributed by atoms with E-state index in [0.717, 1.165) is 35.7 Å². The Kier molecular flexibility index (Phi) is 3.28. The third-order valence-electron chi connectivity index (χ3n) is 3.98. The molecule has 0 atom stereocenters. The molecular formula is C15H23N5. The molecule has 0 amide bonds. The largest absolute Gasteiger partial charge is 0.383 e. The van der Waals surface area contributed by atoms with E-state index in [0.29, 0.717) is 5.92 Å². The van der Waals surface area contributed by atoms with E-state index in [1.807, 2.05) is 24.9 Å². The van der Waals surface area contributed by atoms with Gasteiger partial charge in [-0.15, -0.1) is 0 Å². The molecule has 0 radical (unpaired) electrons. The highest BCUT2D eigenvalue weighted by atomic mass is 15.3. The van der Waals surface area contributed by atoms with E-state index in [9.17, 15) is 0 Å². The Balaban J connectivity index is 2.05. The molecule has 2 N–H and O–H groups in total. The molecule has 2 heterocycles. The van der Waals surface area contributed by atoms with Gasteiger partial charge >= 0.3 is 0 Å². The Bertz CT molecular complexity index is 618. The number of hydrogen-bond donors (Lipinski definition) is 1. The molecule has 1 aliphatic rings. The van der Waals surface area contributed by atoms with Crippen LogP contribution in [-0.2, 0) is 13.6 Å². The fraction of sp³-hybridized carbons (Fsp3) is 0.600. The van der Waals surface area contributed by atoms with Crippen molar-refractivity contribution in [1.82, 2.24) is 19.3 Å². The van der Waals surface area contributed by atoms with Crippen LogP contribution in [0, 0.1) is 6.92 Å². The minimum Gasteiger partial charge on any atom is -0.383 e. The van der Waals surface area contributed by atoms with Gasteiger partial charge in [-0.05, 0) is 26.2 Å². The van der Waals surface area contributed by atoms with Crippen molar-refractivity contribution in [2.45, 2.75) is 52.0 Å². The van der Waals surface area contributed by atoms with Crippen LogP contribution in [0.1, 0.15) is 50.0 Å². The van der Waals surface area contributed by atoms with Crippen LogP contribution in [0.15, 0.2) is 6.20 Å². The van der Waals surface area contributed by atoms with Gasteiger partial charge in [-0.3, -0.25) is 4.68 Å². The molecule has 0 aliphatic heterocycles. The second-order valence-corrected chi connectivity index (χ2v) is 5.79. The number of aromatic nitrogens is 4. The van der Waals surface area contributed by atoms with Crippen molar-refractivity contribution in [3.63, 3.8) is 0 Å². The van der Waals surface area contributed by atoms with Crippen LogP contribution in [0.5, 0.6) is 0 Å². The smallest absolute Gasteiger partial charge is 0.131 e. The Morgan fingerprint density at radius 2 is 2.15 bits per heavy atom. The van der Waals surface area contributed by atoms with Crippen LogP contribution in [0.4, 0.5) is 5.82 Å². The van der Waals surface area contributed by atoms with E-state index in [-0.39, 0.29) is 0 Å². The number of nitrogen functional groups attached to an aromatic ring is 1. The standard InChI is InChI=1S/C15H23N5/c1-4-5-8-20-14(16)13(17-15(20)11-6-7-11)12-9-19(3)18-10(12)2/h9,11H,4-8,16H2,1-3H3. The third kappa shape index (κ3) is 2.21. The average Bonchev–Trinajstić information content (AvgIpc) is 3.12. The van der Waals surface area contributed by atoms with Gasteiger partial charge in [-0.25, -0.2) is 4.98 Å². The van der Waals surface area contributed by atoms with Crippen molar-refractivity contribution in [3.8, 4) is 11.3 Å². The monoisotopic (exact) mass is 273 g/mol. The number of nitrogens with two attached hydrogens (primary N) is 1. The summed E-state index contributed by atoms with van der Waals surface area (Å²) in [4.78, 5) is 4.85. The molecule has 2 aromatic heterocycles. The maximum atomic E-state index is 6.38. The zero-order valence-corrected chi connectivity index (χ0v) is 12.6. The number of unbranched alkanes of at least 4 members (excludes halogenated alkanes) is 1. The number of aryl methyl sites for hydroxylation is 2. The van der Waals surface area contributed by atoms with Crippen molar-refractivity contribution in [1.29, 1.82) is 0 Å². The number of anilines is 1. The van der Waals surface area contributed by atoms with Crippen molar-refractivity contribution in [2.24, 2.45) is 7.05 Å². The Morgan fingerprint density at radius 3 is 2.70 bits per heavy atom. The predicted molar refractivity (Wildman–Crippen MR) is 80.5 cm³/mol. The van der Waals surface area contributed by atoms with Gasteiger partial charge in [-0.1, -0.05) is 13.3 Å². The Morgan fingerprint density at radius 1 is 1.40 bits per heavy atom. The minimum atomic E-state index is 0.611. The topological polar surface area (TPSA) is 61.7 Å². The SMILES string of the molecule is CCCCn1c(C2CC2)nc(-c2cn(C)nc2C)c1N. The van der Waals surface area contributed by atoms with E-state index >= 15 is 0 Å². The minimum absolute atomic E-state index is 0.611. The van der Waals surface area contributed by atoms with Crippen molar-refractivity contribution < 1.29 is 0 Å². The first kappa shape index (κ1) is 13.2. The highest BCUT2D eigenvalue weighted by molar-refractivity contribution is 5.72. The van der Waals surface area contributed by atoms with E-state index in [2.05, 4.69) is 16.6 Å². The van der Waals surface area contributed by atoms with Gasteiger partial charge < -0.3 is 10.3 Å². The molecule has 1 fully saturated rings. The summed E-state index contributed by atoms with van der Waals surface area (Å²) in [5.74, 6) is 2.59. The number of imidazole rings is 1. The number of nitrogens with zero attached hydrogens (tertiary/aromatic N) is 4. The van der Waals surface area contributed by atoms with Gasteiger partial charge in [-0.2, -0.15) is 5.10 Å². The maximum absolute atomic E-state index is 6.38. The second-order valence-electron chi connectivity index (χ2n) is 5.79. The molecule has 20 heavy (non-hydrogen) atoms. The van der Waals surface area contributed by atoms with Crippen LogP contribution in [-0.4, -0.2) is 19.3 Å². The summed E-state index contributed by atoms with van der Waals surface area (Å²) in [6.07, 6.45) is 6.81. The Hall–Kier alpha value is -1.78. The molecule has 1 aliphatic carbocycles. The molecule has 0 spiro atoms. The molecule has 108 valence electrons. The molecular weight excluding hydrogens is 250 g/mol. The molecule has 0 saturated heterocycles. The zero-order chi connectivity index (χ0) is 14.3. The van der Waals surface area contributed by atoms with E-state index < -0.39 is 0 Å². The lowest BCUT2D eigenvalue weighted by atomic mass is 10.2. The molecule has 5 heteroatoms. The van der Waals surface area contributed by atoms with Crippen LogP contribution >= 0.6 is 0 Å². The fourth-order valence-corrected chi connectivity index (χ4v) is 2.72. The maximum Gasteiger partial charge on any atom is 0.131 e. The molecule has 3 rings (SSSR count). The summed E-state index contributed by atoms with van der Waals surface area (Å²) in [6.45, 7) is 5.19. The third-order valence-corrected chi connectivity index (χ3v) is 3.98. The normalized spacial score (nSPS) is 14.9. The van der Waals surface area contributed by atoms with Gasteiger partial charge in [0.05, 0.1) is 5.69 Å². The number of rotatable bonds is 5. The quantitative estimate of drug-likeness (QED) is 0.911. The predicted octanol–water partition coefficient (Wildman–Crippen LogP) is 2.85. The summed E-state index contributed by atoms with van der Waals surface area (Å²) in [7, 11) is 1.93. The van der Waals surface area contributed by atoms with E-state index in [4.69, 9.17) is 10.7 Å². The zero-order valence-electron chi connectivity index (χ0n) is 12.6. The van der Waals surface area contributed by atoms with Crippen molar-refractivity contribution in [2.75, 3.05) is 5.73 Å².